The summed E-state index contributed by atoms with van der Waals surface area (Å²) in [5.41, 5.74) is 11.3. The Labute approximate surface area is 118 Å². The quantitative estimate of drug-likeness (QED) is 0.755. The van der Waals surface area contributed by atoms with Crippen LogP contribution in [0.15, 0.2) is 48.7 Å². The zero-order valence-electron chi connectivity index (χ0n) is 11.5. The van der Waals surface area contributed by atoms with Crippen LogP contribution >= 0.6 is 0 Å². The average molecular weight is 266 g/mol. The highest BCUT2D eigenvalue weighted by Crippen LogP contribution is 2.22. The summed E-state index contributed by atoms with van der Waals surface area (Å²) in [4.78, 5) is 3.14. The van der Waals surface area contributed by atoms with E-state index in [0.29, 0.717) is 13.2 Å². The molecule has 3 nitrogen and oxygen atoms in total. The highest BCUT2D eigenvalue weighted by Gasteiger charge is 2.02. The van der Waals surface area contributed by atoms with Crippen molar-refractivity contribution in [3.63, 3.8) is 0 Å². The third kappa shape index (κ3) is 2.68. The van der Waals surface area contributed by atoms with Crippen molar-refractivity contribution in [1.82, 2.24) is 4.98 Å². The van der Waals surface area contributed by atoms with Gasteiger partial charge >= 0.3 is 0 Å². The summed E-state index contributed by atoms with van der Waals surface area (Å²) in [6, 6.07) is 14.6. The first-order valence-corrected chi connectivity index (χ1v) is 6.71. The molecule has 1 heterocycles. The fraction of sp³-hybridized carbons (Fsp3) is 0.176. The second-order valence-electron chi connectivity index (χ2n) is 5.10. The summed E-state index contributed by atoms with van der Waals surface area (Å²) < 4.78 is 5.76. The van der Waals surface area contributed by atoms with Crippen molar-refractivity contribution in [1.29, 1.82) is 0 Å². The van der Waals surface area contributed by atoms with Gasteiger partial charge in [-0.25, -0.2) is 0 Å². The molecule has 3 heteroatoms. The molecule has 3 aromatic rings. The number of rotatable bonds is 4. The van der Waals surface area contributed by atoms with Crippen molar-refractivity contribution in [2.45, 2.75) is 20.1 Å². The van der Waals surface area contributed by atoms with Crippen LogP contribution in [-0.2, 0) is 18.0 Å². The Morgan fingerprint density at radius 2 is 1.70 bits per heavy atom. The molecule has 0 amide bonds. The maximum absolute atomic E-state index is 5.91. The largest absolute Gasteiger partial charge is 0.397 e. The van der Waals surface area contributed by atoms with E-state index >= 15 is 0 Å². The lowest BCUT2D eigenvalue weighted by atomic mass is 10.1. The molecule has 0 spiro atoms. The minimum absolute atomic E-state index is 0.592. The van der Waals surface area contributed by atoms with Gasteiger partial charge in [0.05, 0.1) is 18.9 Å². The van der Waals surface area contributed by atoms with Crippen LogP contribution in [0.1, 0.15) is 16.7 Å². The van der Waals surface area contributed by atoms with Gasteiger partial charge in [-0.15, -0.1) is 0 Å². The van der Waals surface area contributed by atoms with Crippen molar-refractivity contribution in [2.24, 2.45) is 0 Å². The fourth-order valence-corrected chi connectivity index (χ4v) is 2.25. The summed E-state index contributed by atoms with van der Waals surface area (Å²) in [7, 11) is 0. The molecule has 0 aliphatic heterocycles. The molecule has 3 rings (SSSR count). The van der Waals surface area contributed by atoms with Crippen molar-refractivity contribution in [3.05, 3.63) is 65.4 Å². The molecule has 1 aromatic heterocycles. The number of aromatic amines is 1. The first-order valence-electron chi connectivity index (χ1n) is 6.71. The molecule has 0 aliphatic rings. The fourth-order valence-electron chi connectivity index (χ4n) is 2.25. The molecule has 3 N–H and O–H groups in total. The lowest BCUT2D eigenvalue weighted by Crippen LogP contribution is -1.94. The van der Waals surface area contributed by atoms with E-state index in [1.165, 1.54) is 11.1 Å². The first-order chi connectivity index (χ1) is 9.72. The summed E-state index contributed by atoms with van der Waals surface area (Å²) in [6.45, 7) is 3.30. The molecule has 20 heavy (non-hydrogen) atoms. The molecule has 0 atom stereocenters. The number of benzene rings is 2. The van der Waals surface area contributed by atoms with Crippen LogP contribution in [0.25, 0.3) is 10.9 Å². The van der Waals surface area contributed by atoms with Gasteiger partial charge in [-0.2, -0.15) is 0 Å². The standard InChI is InChI=1S/C17H18N2O/c1-12-2-4-13(5-3-12)10-20-11-14-6-7-17-15(8-14)16(18)9-19-17/h2-9,19H,10-11,18H2,1H3. The second-order valence-corrected chi connectivity index (χ2v) is 5.10. The number of nitrogens with two attached hydrogens (primary N) is 1. The normalized spacial score (nSPS) is 11.1. The number of hydrogen-bond acceptors (Lipinski definition) is 2. The van der Waals surface area contributed by atoms with Gasteiger partial charge in [-0.3, -0.25) is 0 Å². The number of nitrogens with one attached hydrogen (secondary N) is 1. The number of aromatic nitrogens is 1. The molecule has 0 saturated heterocycles. The Morgan fingerprint density at radius 1 is 1.00 bits per heavy atom. The molecule has 0 saturated carbocycles. The minimum Gasteiger partial charge on any atom is -0.397 e. The monoisotopic (exact) mass is 266 g/mol. The molecule has 0 aliphatic carbocycles. The van der Waals surface area contributed by atoms with Crippen LogP contribution < -0.4 is 5.73 Å². The molecule has 0 radical (unpaired) electrons. The third-order valence-corrected chi connectivity index (χ3v) is 3.44. The Balaban J connectivity index is 1.64. The third-order valence-electron chi connectivity index (χ3n) is 3.44. The van der Waals surface area contributed by atoms with Crippen LogP contribution in [0.4, 0.5) is 5.69 Å². The van der Waals surface area contributed by atoms with Gasteiger partial charge in [0.2, 0.25) is 0 Å². The van der Waals surface area contributed by atoms with Crippen molar-refractivity contribution in [2.75, 3.05) is 5.73 Å². The molecule has 102 valence electrons. The Bertz CT molecular complexity index is 713. The van der Waals surface area contributed by atoms with Crippen LogP contribution in [0.5, 0.6) is 0 Å². The van der Waals surface area contributed by atoms with Crippen LogP contribution in [0.3, 0.4) is 0 Å². The number of anilines is 1. The highest BCUT2D eigenvalue weighted by atomic mass is 16.5. The highest BCUT2D eigenvalue weighted by molar-refractivity contribution is 5.91. The van der Waals surface area contributed by atoms with Gasteiger partial charge in [-0.1, -0.05) is 35.9 Å². The van der Waals surface area contributed by atoms with E-state index in [0.717, 1.165) is 22.2 Å². The summed E-state index contributed by atoms with van der Waals surface area (Å²) in [5.74, 6) is 0. The van der Waals surface area contributed by atoms with Crippen molar-refractivity contribution in [3.8, 4) is 0 Å². The van der Waals surface area contributed by atoms with E-state index in [2.05, 4.69) is 48.3 Å². The van der Waals surface area contributed by atoms with Gasteiger partial charge in [0.1, 0.15) is 0 Å². The summed E-state index contributed by atoms with van der Waals surface area (Å²) >= 11 is 0. The smallest absolute Gasteiger partial charge is 0.0721 e. The maximum atomic E-state index is 5.91. The van der Waals surface area contributed by atoms with Gasteiger partial charge < -0.3 is 15.5 Å². The Morgan fingerprint density at radius 3 is 2.50 bits per heavy atom. The molecule has 2 aromatic carbocycles. The molecule has 0 fully saturated rings. The molecular formula is C17H18N2O. The summed E-state index contributed by atoms with van der Waals surface area (Å²) in [6.07, 6.45) is 1.82. The van der Waals surface area contributed by atoms with E-state index in [9.17, 15) is 0 Å². The van der Waals surface area contributed by atoms with Gasteiger partial charge in [0, 0.05) is 17.1 Å². The number of hydrogen-bond donors (Lipinski definition) is 2. The molecular weight excluding hydrogens is 248 g/mol. The Kier molecular flexibility index (Phi) is 3.44. The van der Waals surface area contributed by atoms with E-state index in [1.807, 2.05) is 12.3 Å². The predicted molar refractivity (Wildman–Crippen MR) is 82.4 cm³/mol. The average Bonchev–Trinajstić information content (AvgIpc) is 2.83. The van der Waals surface area contributed by atoms with E-state index < -0.39 is 0 Å². The molecule has 0 bridgehead atoms. The number of nitrogen functional groups attached to an aromatic ring is 1. The topological polar surface area (TPSA) is 51.0 Å². The van der Waals surface area contributed by atoms with Gasteiger partial charge in [-0.05, 0) is 30.2 Å². The first kappa shape index (κ1) is 12.8. The zero-order valence-corrected chi connectivity index (χ0v) is 11.5. The van der Waals surface area contributed by atoms with Crippen LogP contribution in [0.2, 0.25) is 0 Å². The maximum Gasteiger partial charge on any atom is 0.0721 e. The molecule has 0 unspecified atom stereocenters. The Hall–Kier alpha value is -2.26. The number of ether oxygens (including phenoxy) is 1. The minimum atomic E-state index is 0.592. The van der Waals surface area contributed by atoms with E-state index in [4.69, 9.17) is 10.5 Å². The number of fused-ring (bicyclic) bond motifs is 1. The number of aryl methyl sites for hydroxylation is 1. The predicted octanol–water partition coefficient (Wildman–Crippen LogP) is 3.78. The van der Waals surface area contributed by atoms with E-state index in [1.54, 1.807) is 0 Å². The number of H-pyrrole nitrogens is 1. The van der Waals surface area contributed by atoms with E-state index in [-0.39, 0.29) is 0 Å². The van der Waals surface area contributed by atoms with Crippen LogP contribution in [0, 0.1) is 6.92 Å². The zero-order chi connectivity index (χ0) is 13.9. The van der Waals surface area contributed by atoms with Gasteiger partial charge in [0.15, 0.2) is 0 Å². The van der Waals surface area contributed by atoms with Crippen LogP contribution in [-0.4, -0.2) is 4.98 Å². The second kappa shape index (κ2) is 5.39. The lowest BCUT2D eigenvalue weighted by molar-refractivity contribution is 0.107. The van der Waals surface area contributed by atoms with Gasteiger partial charge in [0.25, 0.3) is 0 Å². The lowest BCUT2D eigenvalue weighted by Gasteiger charge is -2.05. The van der Waals surface area contributed by atoms with Crippen molar-refractivity contribution < 1.29 is 4.74 Å². The summed E-state index contributed by atoms with van der Waals surface area (Å²) in [5, 5.41) is 1.06. The van der Waals surface area contributed by atoms with Crippen molar-refractivity contribution >= 4 is 16.6 Å². The SMILES string of the molecule is Cc1ccc(COCc2ccc3[nH]cc(N)c3c2)cc1.